The Balaban J connectivity index is 1.15. The number of hydrogen-bond donors (Lipinski definition) is 0. The summed E-state index contributed by atoms with van der Waals surface area (Å²) in [5.74, 6) is 2.96. The number of nitrogens with zero attached hydrogens (tertiary/aromatic N) is 2. The normalized spacial score (nSPS) is 14.7. The van der Waals surface area contributed by atoms with Crippen LogP contribution in [0, 0.1) is 0 Å². The number of Topliss-reactive ketones (excluding diaryl/α,β-unsaturated/α-hetero) is 2. The van der Waals surface area contributed by atoms with Gasteiger partial charge in [0.25, 0.3) is 0 Å². The number of likely N-dealkylation sites (N-methyl/N-ethyl adjacent to an activating group) is 2. The van der Waals surface area contributed by atoms with Crippen molar-refractivity contribution in [3.63, 3.8) is 0 Å². The number of carbonyl (C=O) groups is 2. The fourth-order valence-electron chi connectivity index (χ4n) is 4.99. The molecule has 8 nitrogen and oxygen atoms in total. The highest BCUT2D eigenvalue weighted by atomic mass is 16.6. The maximum atomic E-state index is 12.9. The molecule has 0 amide bonds. The monoisotopic (exact) mass is 526 g/mol. The molecule has 0 saturated heterocycles. The zero-order valence-corrected chi connectivity index (χ0v) is 23.3. The van der Waals surface area contributed by atoms with Crippen LogP contribution in [-0.4, -0.2) is 101 Å². The molecule has 0 bridgehead atoms. The van der Waals surface area contributed by atoms with E-state index in [1.54, 1.807) is 12.1 Å². The van der Waals surface area contributed by atoms with Gasteiger partial charge in [-0.3, -0.25) is 9.59 Å². The molecule has 2 aromatic carbocycles. The Kier molecular flexibility index (Phi) is 8.95. The number of unbranched alkanes of at least 4 members (excludes halogenated alkanes) is 3. The minimum absolute atomic E-state index is 0.119. The molecule has 0 fully saturated rings. The second-order valence-electron chi connectivity index (χ2n) is 11.6. The molecule has 2 heterocycles. The predicted molar refractivity (Wildman–Crippen MR) is 146 cm³/mol. The van der Waals surface area contributed by atoms with Crippen molar-refractivity contribution < 1.29 is 37.5 Å². The number of fused-ring (bicyclic) bond motifs is 2. The molecule has 38 heavy (non-hydrogen) atoms. The van der Waals surface area contributed by atoms with Gasteiger partial charge in [0.2, 0.25) is 11.6 Å². The summed E-state index contributed by atoms with van der Waals surface area (Å²) >= 11 is 0. The van der Waals surface area contributed by atoms with E-state index in [2.05, 4.69) is 28.2 Å². The van der Waals surface area contributed by atoms with E-state index >= 15 is 0 Å². The summed E-state index contributed by atoms with van der Waals surface area (Å²) in [6.07, 6.45) is 4.34. The first-order chi connectivity index (χ1) is 18.1. The van der Waals surface area contributed by atoms with E-state index in [-0.39, 0.29) is 11.6 Å². The van der Waals surface area contributed by atoms with E-state index in [4.69, 9.17) is 18.9 Å². The van der Waals surface area contributed by atoms with Crippen LogP contribution < -0.4 is 18.9 Å². The molecule has 0 aromatic heterocycles. The lowest BCUT2D eigenvalue weighted by Gasteiger charge is -2.30. The van der Waals surface area contributed by atoms with E-state index in [1.165, 1.54) is 0 Å². The number of ether oxygens (including phenoxy) is 4. The topological polar surface area (TPSA) is 71.1 Å². The van der Waals surface area contributed by atoms with Crippen molar-refractivity contribution in [3.05, 3.63) is 47.5 Å². The van der Waals surface area contributed by atoms with Gasteiger partial charge in [-0.05, 0) is 62.1 Å². The molecule has 0 aliphatic carbocycles. The standard InChI is InChI=1S/C30H42N2O6/c1-31(2,21-25(33)23-9-11-27-29(19-23)37-17-15-35-27)13-7-5-6-8-14-32(3,4)22-26(34)24-10-12-28-30(20-24)38-18-16-36-28/h9-12,19-20H,5-8,13-18,21-22H2,1-4H3/q+2. The minimum atomic E-state index is 0.119. The summed E-state index contributed by atoms with van der Waals surface area (Å²) in [4.78, 5) is 25.8. The zero-order chi connectivity index (χ0) is 27.2. The van der Waals surface area contributed by atoms with E-state index in [1.807, 2.05) is 24.3 Å². The minimum Gasteiger partial charge on any atom is -0.486 e. The Labute approximate surface area is 226 Å². The summed E-state index contributed by atoms with van der Waals surface area (Å²) in [7, 11) is 8.44. The Morgan fingerprint density at radius 3 is 1.34 bits per heavy atom. The highest BCUT2D eigenvalue weighted by Crippen LogP contribution is 2.32. The molecule has 0 spiro atoms. The van der Waals surface area contributed by atoms with Crippen molar-refractivity contribution in [2.45, 2.75) is 25.7 Å². The van der Waals surface area contributed by atoms with Crippen LogP contribution in [0.2, 0.25) is 0 Å². The fourth-order valence-corrected chi connectivity index (χ4v) is 4.99. The third-order valence-electron chi connectivity index (χ3n) is 7.15. The van der Waals surface area contributed by atoms with Gasteiger partial charge in [-0.1, -0.05) is 0 Å². The smallest absolute Gasteiger partial charge is 0.217 e. The maximum Gasteiger partial charge on any atom is 0.217 e. The van der Waals surface area contributed by atoms with Crippen LogP contribution in [0.5, 0.6) is 23.0 Å². The molecule has 2 aliphatic rings. The zero-order valence-electron chi connectivity index (χ0n) is 23.3. The number of carbonyl (C=O) groups excluding carboxylic acids is 2. The predicted octanol–water partition coefficient (Wildman–Crippen LogP) is 4.01. The van der Waals surface area contributed by atoms with Crippen molar-refractivity contribution in [1.82, 2.24) is 0 Å². The van der Waals surface area contributed by atoms with E-state index in [0.29, 0.717) is 82.6 Å². The second kappa shape index (κ2) is 12.2. The number of hydrogen-bond acceptors (Lipinski definition) is 6. The summed E-state index contributed by atoms with van der Waals surface area (Å²) in [6, 6.07) is 10.9. The molecular weight excluding hydrogens is 484 g/mol. The first-order valence-corrected chi connectivity index (χ1v) is 13.6. The van der Waals surface area contributed by atoms with E-state index in [0.717, 1.165) is 38.8 Å². The number of rotatable bonds is 13. The van der Waals surface area contributed by atoms with Crippen LogP contribution in [0.3, 0.4) is 0 Å². The molecule has 8 heteroatoms. The summed E-state index contributed by atoms with van der Waals surface area (Å²) in [6.45, 7) is 4.89. The largest absolute Gasteiger partial charge is 0.486 e. The Bertz CT molecular complexity index is 1050. The van der Waals surface area contributed by atoms with Crippen molar-refractivity contribution in [1.29, 1.82) is 0 Å². The lowest BCUT2D eigenvalue weighted by molar-refractivity contribution is -0.882. The van der Waals surface area contributed by atoms with E-state index in [9.17, 15) is 9.59 Å². The number of ketones is 2. The Morgan fingerprint density at radius 2 is 0.947 bits per heavy atom. The average Bonchev–Trinajstić information content (AvgIpc) is 2.89. The molecule has 0 radical (unpaired) electrons. The third-order valence-corrected chi connectivity index (χ3v) is 7.15. The van der Waals surface area contributed by atoms with Crippen molar-refractivity contribution in [2.75, 3.05) is 80.8 Å². The molecule has 2 aromatic rings. The highest BCUT2D eigenvalue weighted by molar-refractivity contribution is 5.98. The molecule has 0 atom stereocenters. The van der Waals surface area contributed by atoms with Gasteiger partial charge in [-0.2, -0.15) is 0 Å². The Hall–Kier alpha value is -3.10. The fraction of sp³-hybridized carbons (Fsp3) is 0.533. The van der Waals surface area contributed by atoms with Crippen molar-refractivity contribution in [3.8, 4) is 23.0 Å². The first-order valence-electron chi connectivity index (χ1n) is 13.6. The van der Waals surface area contributed by atoms with Gasteiger partial charge in [0.15, 0.2) is 23.0 Å². The molecule has 0 unspecified atom stereocenters. The summed E-state index contributed by atoms with van der Waals surface area (Å²) in [5.41, 5.74) is 1.34. The molecule has 4 rings (SSSR count). The van der Waals surface area contributed by atoms with Gasteiger partial charge in [0, 0.05) is 11.1 Å². The summed E-state index contributed by atoms with van der Waals surface area (Å²) < 4.78 is 23.7. The van der Waals surface area contributed by atoms with Crippen LogP contribution in [0.15, 0.2) is 36.4 Å². The maximum absolute atomic E-state index is 12.9. The van der Waals surface area contributed by atoms with Gasteiger partial charge in [0.05, 0.1) is 41.3 Å². The average molecular weight is 527 g/mol. The lowest BCUT2D eigenvalue weighted by atomic mass is 10.1. The van der Waals surface area contributed by atoms with Crippen LogP contribution >= 0.6 is 0 Å². The van der Waals surface area contributed by atoms with Gasteiger partial charge in [0.1, 0.15) is 39.5 Å². The van der Waals surface area contributed by atoms with Crippen LogP contribution in [0.1, 0.15) is 46.4 Å². The van der Waals surface area contributed by atoms with Gasteiger partial charge >= 0.3 is 0 Å². The number of benzene rings is 2. The molecule has 0 saturated carbocycles. The van der Waals surface area contributed by atoms with Gasteiger partial charge in [-0.25, -0.2) is 0 Å². The molecule has 0 N–H and O–H groups in total. The molecule has 206 valence electrons. The van der Waals surface area contributed by atoms with Crippen LogP contribution in [0.4, 0.5) is 0 Å². The number of quaternary nitrogens is 2. The first kappa shape index (κ1) is 27.9. The highest BCUT2D eigenvalue weighted by Gasteiger charge is 2.24. The lowest BCUT2D eigenvalue weighted by Crippen LogP contribution is -2.45. The van der Waals surface area contributed by atoms with Crippen LogP contribution in [0.25, 0.3) is 0 Å². The SMILES string of the molecule is C[N+](C)(CCCCCC[N+](C)(C)CC(=O)c1ccc2c(c1)OCCO2)CC(=O)c1ccc2c(c1)OCCO2. The molecule has 2 aliphatic heterocycles. The third kappa shape index (κ3) is 7.71. The van der Waals surface area contributed by atoms with Gasteiger partial charge < -0.3 is 27.9 Å². The van der Waals surface area contributed by atoms with Crippen molar-refractivity contribution >= 4 is 11.6 Å². The summed E-state index contributed by atoms with van der Waals surface area (Å²) in [5, 5.41) is 0. The quantitative estimate of drug-likeness (QED) is 0.223. The Morgan fingerprint density at radius 1 is 0.579 bits per heavy atom. The molecular formula is C30H42N2O6+2. The second-order valence-corrected chi connectivity index (χ2v) is 11.6. The van der Waals surface area contributed by atoms with E-state index < -0.39 is 0 Å². The van der Waals surface area contributed by atoms with Gasteiger partial charge in [-0.15, -0.1) is 0 Å². The van der Waals surface area contributed by atoms with Crippen LogP contribution in [-0.2, 0) is 0 Å². The van der Waals surface area contributed by atoms with Crippen molar-refractivity contribution in [2.24, 2.45) is 0 Å².